The van der Waals surface area contributed by atoms with Crippen molar-refractivity contribution >= 4 is 23.2 Å². The van der Waals surface area contributed by atoms with Crippen LogP contribution in [0.15, 0.2) is 36.7 Å². The monoisotopic (exact) mass is 263 g/mol. The highest BCUT2D eigenvalue weighted by atomic mass is 35.5. The molecule has 1 unspecified atom stereocenters. The maximum absolute atomic E-state index is 12.0. The lowest BCUT2D eigenvalue weighted by Crippen LogP contribution is -2.12. The first-order valence-electron chi connectivity index (χ1n) is 5.61. The third kappa shape index (κ3) is 2.71. The molecule has 2 aromatic rings. The van der Waals surface area contributed by atoms with Crippen LogP contribution in [0.4, 0.5) is 5.69 Å². The molecule has 0 saturated heterocycles. The van der Waals surface area contributed by atoms with Crippen molar-refractivity contribution < 1.29 is 4.79 Å². The summed E-state index contributed by atoms with van der Waals surface area (Å²) in [4.78, 5) is 12.0. The summed E-state index contributed by atoms with van der Waals surface area (Å²) in [5.74, 6) is -0.187. The fourth-order valence-corrected chi connectivity index (χ4v) is 1.88. The van der Waals surface area contributed by atoms with E-state index in [0.717, 1.165) is 11.3 Å². The smallest absolute Gasteiger partial charge is 0.258 e. The predicted molar refractivity (Wildman–Crippen MR) is 71.9 cm³/mol. The van der Waals surface area contributed by atoms with Gasteiger partial charge in [0.1, 0.15) is 0 Å². The summed E-state index contributed by atoms with van der Waals surface area (Å²) >= 11 is 6.07. The average molecular weight is 264 g/mol. The van der Waals surface area contributed by atoms with Crippen LogP contribution < -0.4 is 5.32 Å². The van der Waals surface area contributed by atoms with Gasteiger partial charge >= 0.3 is 0 Å². The summed E-state index contributed by atoms with van der Waals surface area (Å²) in [6.45, 7) is 1.87. The van der Waals surface area contributed by atoms with E-state index in [0.29, 0.717) is 5.56 Å². The third-order valence-electron chi connectivity index (χ3n) is 2.60. The molecule has 0 aliphatic heterocycles. The van der Waals surface area contributed by atoms with Gasteiger partial charge in [-0.1, -0.05) is 18.2 Å². The van der Waals surface area contributed by atoms with Crippen molar-refractivity contribution in [3.8, 4) is 0 Å². The molecule has 0 aliphatic carbocycles. The van der Waals surface area contributed by atoms with E-state index in [1.165, 1.54) is 6.20 Å². The standard InChI is InChI=1S/C13H14ClN3O/c1-9(14)11-5-3-4-6-12(11)16-13(18)10-7-15-17(2)8-10/h3-9H,1-2H3,(H,16,18). The lowest BCUT2D eigenvalue weighted by atomic mass is 10.1. The zero-order chi connectivity index (χ0) is 13.1. The Morgan fingerprint density at radius 3 is 2.78 bits per heavy atom. The molecule has 0 bridgehead atoms. The number of benzene rings is 1. The average Bonchev–Trinajstić information content (AvgIpc) is 2.76. The van der Waals surface area contributed by atoms with Crippen molar-refractivity contribution in [2.75, 3.05) is 5.32 Å². The number of hydrogen-bond acceptors (Lipinski definition) is 2. The molecule has 1 aromatic carbocycles. The molecule has 2 rings (SSSR count). The number of aromatic nitrogens is 2. The minimum absolute atomic E-state index is 0.157. The van der Waals surface area contributed by atoms with E-state index in [9.17, 15) is 4.79 Å². The third-order valence-corrected chi connectivity index (χ3v) is 2.84. The molecule has 0 fully saturated rings. The van der Waals surface area contributed by atoms with Crippen LogP contribution in [0.2, 0.25) is 0 Å². The van der Waals surface area contributed by atoms with E-state index in [1.807, 2.05) is 31.2 Å². The van der Waals surface area contributed by atoms with Crippen LogP contribution in [0.25, 0.3) is 0 Å². The van der Waals surface area contributed by atoms with E-state index in [2.05, 4.69) is 10.4 Å². The number of nitrogens with one attached hydrogen (secondary N) is 1. The van der Waals surface area contributed by atoms with Gasteiger partial charge in [-0.2, -0.15) is 5.10 Å². The van der Waals surface area contributed by atoms with Gasteiger partial charge < -0.3 is 5.32 Å². The fourth-order valence-electron chi connectivity index (χ4n) is 1.69. The molecule has 1 amide bonds. The summed E-state index contributed by atoms with van der Waals surface area (Å²) in [6.07, 6.45) is 3.20. The summed E-state index contributed by atoms with van der Waals surface area (Å²) in [7, 11) is 1.77. The van der Waals surface area contributed by atoms with E-state index < -0.39 is 0 Å². The number of halogens is 1. The normalized spacial score (nSPS) is 12.2. The number of rotatable bonds is 3. The minimum Gasteiger partial charge on any atom is -0.322 e. The lowest BCUT2D eigenvalue weighted by molar-refractivity contribution is 0.102. The molecule has 1 atom stereocenters. The van der Waals surface area contributed by atoms with Crippen LogP contribution in [0, 0.1) is 0 Å². The number of carbonyl (C=O) groups is 1. The highest BCUT2D eigenvalue weighted by Crippen LogP contribution is 2.27. The molecule has 1 heterocycles. The van der Waals surface area contributed by atoms with Gasteiger partial charge in [0.2, 0.25) is 0 Å². The van der Waals surface area contributed by atoms with Crippen LogP contribution in [0.1, 0.15) is 28.2 Å². The second-order valence-electron chi connectivity index (χ2n) is 4.06. The van der Waals surface area contributed by atoms with Gasteiger partial charge in [-0.15, -0.1) is 11.6 Å². The zero-order valence-electron chi connectivity index (χ0n) is 10.2. The van der Waals surface area contributed by atoms with Crippen molar-refractivity contribution in [1.29, 1.82) is 0 Å². The van der Waals surface area contributed by atoms with Crippen molar-refractivity contribution in [3.05, 3.63) is 47.8 Å². The van der Waals surface area contributed by atoms with E-state index >= 15 is 0 Å². The van der Waals surface area contributed by atoms with Gasteiger partial charge in [0, 0.05) is 18.9 Å². The number of amides is 1. The minimum atomic E-state index is -0.187. The topological polar surface area (TPSA) is 46.9 Å². The van der Waals surface area contributed by atoms with Crippen molar-refractivity contribution in [1.82, 2.24) is 9.78 Å². The highest BCUT2D eigenvalue weighted by Gasteiger charge is 2.12. The Bertz CT molecular complexity index is 563. The molecule has 94 valence electrons. The molecule has 0 saturated carbocycles. The maximum Gasteiger partial charge on any atom is 0.258 e. The largest absolute Gasteiger partial charge is 0.322 e. The number of carbonyl (C=O) groups excluding carboxylic acids is 1. The van der Waals surface area contributed by atoms with Gasteiger partial charge in [0.15, 0.2) is 0 Å². The molecule has 1 aromatic heterocycles. The number of para-hydroxylation sites is 1. The summed E-state index contributed by atoms with van der Waals surface area (Å²) in [5.41, 5.74) is 2.15. The van der Waals surface area contributed by atoms with E-state index in [-0.39, 0.29) is 11.3 Å². The fraction of sp³-hybridized carbons (Fsp3) is 0.231. The van der Waals surface area contributed by atoms with E-state index in [4.69, 9.17) is 11.6 Å². The Morgan fingerprint density at radius 1 is 1.44 bits per heavy atom. The first-order valence-corrected chi connectivity index (χ1v) is 6.04. The SMILES string of the molecule is CC(Cl)c1ccccc1NC(=O)c1cnn(C)c1. The van der Waals surface area contributed by atoms with Crippen molar-refractivity contribution in [3.63, 3.8) is 0 Å². The van der Waals surface area contributed by atoms with Crippen LogP contribution in [-0.4, -0.2) is 15.7 Å². The van der Waals surface area contributed by atoms with E-state index in [1.54, 1.807) is 17.9 Å². The Labute approximate surface area is 111 Å². The number of nitrogens with zero attached hydrogens (tertiary/aromatic N) is 2. The Kier molecular flexibility index (Phi) is 3.67. The summed E-state index contributed by atoms with van der Waals surface area (Å²) in [5, 5.41) is 6.65. The second kappa shape index (κ2) is 5.23. The summed E-state index contributed by atoms with van der Waals surface area (Å²) < 4.78 is 1.59. The Balaban J connectivity index is 2.22. The Morgan fingerprint density at radius 2 is 2.17 bits per heavy atom. The first-order chi connectivity index (χ1) is 8.58. The van der Waals surface area contributed by atoms with Gasteiger partial charge in [-0.25, -0.2) is 0 Å². The first kappa shape index (κ1) is 12.6. The van der Waals surface area contributed by atoms with Gasteiger partial charge in [0.25, 0.3) is 5.91 Å². The molecule has 1 N–H and O–H groups in total. The summed E-state index contributed by atoms with van der Waals surface area (Å²) in [6, 6.07) is 7.49. The van der Waals surface area contributed by atoms with Crippen molar-refractivity contribution in [2.24, 2.45) is 7.05 Å². The molecule has 4 nitrogen and oxygen atoms in total. The molecule has 18 heavy (non-hydrogen) atoms. The Hall–Kier alpha value is -1.81. The highest BCUT2D eigenvalue weighted by molar-refractivity contribution is 6.21. The number of hydrogen-bond donors (Lipinski definition) is 1. The van der Waals surface area contributed by atoms with Crippen LogP contribution in [-0.2, 0) is 7.05 Å². The maximum atomic E-state index is 12.0. The number of aryl methyl sites for hydroxylation is 1. The van der Waals surface area contributed by atoms with Crippen LogP contribution in [0.3, 0.4) is 0 Å². The molecule has 0 radical (unpaired) electrons. The van der Waals surface area contributed by atoms with Crippen LogP contribution in [0.5, 0.6) is 0 Å². The van der Waals surface area contributed by atoms with Gasteiger partial charge in [-0.3, -0.25) is 9.48 Å². The van der Waals surface area contributed by atoms with Crippen molar-refractivity contribution in [2.45, 2.75) is 12.3 Å². The zero-order valence-corrected chi connectivity index (χ0v) is 11.0. The molecular formula is C13H14ClN3O. The number of anilines is 1. The molecular weight excluding hydrogens is 250 g/mol. The number of alkyl halides is 1. The quantitative estimate of drug-likeness (QED) is 0.866. The molecule has 0 aliphatic rings. The predicted octanol–water partition coefficient (Wildman–Crippen LogP) is 2.97. The lowest BCUT2D eigenvalue weighted by Gasteiger charge is -2.11. The van der Waals surface area contributed by atoms with Gasteiger partial charge in [-0.05, 0) is 18.6 Å². The second-order valence-corrected chi connectivity index (χ2v) is 4.71. The molecule has 0 spiro atoms. The molecule has 5 heteroatoms. The van der Waals surface area contributed by atoms with Crippen LogP contribution >= 0.6 is 11.6 Å². The van der Waals surface area contributed by atoms with Gasteiger partial charge in [0.05, 0.1) is 17.1 Å².